The van der Waals surface area contributed by atoms with Crippen LogP contribution >= 0.6 is 11.3 Å². The van der Waals surface area contributed by atoms with Crippen LogP contribution < -0.4 is 20.1 Å². The fraction of sp³-hybridized carbons (Fsp3) is 0.263. The van der Waals surface area contributed by atoms with Gasteiger partial charge in [-0.05, 0) is 44.2 Å². The molecule has 1 heterocycles. The van der Waals surface area contributed by atoms with Crippen molar-refractivity contribution < 1.29 is 14.3 Å². The molecule has 0 saturated carbocycles. The molecule has 0 spiro atoms. The molecule has 0 bridgehead atoms. The lowest BCUT2D eigenvalue weighted by Crippen LogP contribution is -2.31. The van der Waals surface area contributed by atoms with Gasteiger partial charge in [0.15, 0.2) is 11.5 Å². The van der Waals surface area contributed by atoms with Gasteiger partial charge in [-0.25, -0.2) is 4.98 Å². The molecule has 1 atom stereocenters. The van der Waals surface area contributed by atoms with Gasteiger partial charge in [-0.3, -0.25) is 4.79 Å². The number of aromatic nitrogens is 1. The molecular formula is C19H21N3O3S. The molecule has 0 unspecified atom stereocenters. The van der Waals surface area contributed by atoms with Gasteiger partial charge in [-0.15, -0.1) is 11.3 Å². The number of aryl methyl sites for hydroxylation is 1. The molecule has 0 radical (unpaired) electrons. The standard InChI is InChI=1S/C19H21N3O3S/c1-11(20-14-5-7-15-18(10-14)26-12(2)21-15)19(23)22-13-6-8-16(24-3)17(9-13)25-4/h5-11,20H,1-4H3,(H,22,23)/t11-/m0/s1. The summed E-state index contributed by atoms with van der Waals surface area (Å²) in [5.74, 6) is 1.04. The van der Waals surface area contributed by atoms with E-state index in [2.05, 4.69) is 15.6 Å². The summed E-state index contributed by atoms with van der Waals surface area (Å²) in [6.07, 6.45) is 0. The van der Waals surface area contributed by atoms with Crippen LogP contribution in [0, 0.1) is 6.92 Å². The van der Waals surface area contributed by atoms with Crippen molar-refractivity contribution in [2.45, 2.75) is 19.9 Å². The van der Waals surface area contributed by atoms with Crippen LogP contribution in [0.3, 0.4) is 0 Å². The van der Waals surface area contributed by atoms with Gasteiger partial charge in [0.1, 0.15) is 6.04 Å². The highest BCUT2D eigenvalue weighted by atomic mass is 32.1. The number of anilines is 2. The van der Waals surface area contributed by atoms with Crippen molar-refractivity contribution in [3.63, 3.8) is 0 Å². The van der Waals surface area contributed by atoms with Gasteiger partial charge in [0.25, 0.3) is 0 Å². The number of rotatable bonds is 6. The Morgan fingerprint density at radius 1 is 1.08 bits per heavy atom. The number of nitrogens with zero attached hydrogens (tertiary/aromatic N) is 1. The molecular weight excluding hydrogens is 350 g/mol. The molecule has 2 N–H and O–H groups in total. The maximum absolute atomic E-state index is 12.5. The summed E-state index contributed by atoms with van der Waals surface area (Å²) in [7, 11) is 3.13. The van der Waals surface area contributed by atoms with E-state index >= 15 is 0 Å². The monoisotopic (exact) mass is 371 g/mol. The smallest absolute Gasteiger partial charge is 0.246 e. The third-order valence-corrected chi connectivity index (χ3v) is 4.86. The van der Waals surface area contributed by atoms with E-state index in [1.165, 1.54) is 0 Å². The molecule has 6 nitrogen and oxygen atoms in total. The van der Waals surface area contributed by atoms with Gasteiger partial charge in [-0.2, -0.15) is 0 Å². The molecule has 0 fully saturated rings. The van der Waals surface area contributed by atoms with Crippen LogP contribution in [0.25, 0.3) is 10.2 Å². The number of carbonyl (C=O) groups is 1. The van der Waals surface area contributed by atoms with E-state index < -0.39 is 6.04 Å². The van der Waals surface area contributed by atoms with Crippen molar-refractivity contribution >= 4 is 38.8 Å². The Hall–Kier alpha value is -2.80. The predicted octanol–water partition coefficient (Wildman–Crippen LogP) is 4.06. The Morgan fingerprint density at radius 3 is 2.54 bits per heavy atom. The van der Waals surface area contributed by atoms with Crippen LogP contribution in [-0.2, 0) is 4.79 Å². The molecule has 1 aromatic heterocycles. The minimum absolute atomic E-state index is 0.141. The average Bonchev–Trinajstić information content (AvgIpc) is 3.00. The molecule has 3 aromatic rings. The number of hydrogen-bond donors (Lipinski definition) is 2. The topological polar surface area (TPSA) is 72.5 Å². The van der Waals surface area contributed by atoms with Gasteiger partial charge in [0.05, 0.1) is 29.4 Å². The Labute approximate surface area is 156 Å². The number of hydrogen-bond acceptors (Lipinski definition) is 6. The Kier molecular flexibility index (Phi) is 5.27. The molecule has 136 valence electrons. The first-order chi connectivity index (χ1) is 12.5. The highest BCUT2D eigenvalue weighted by Crippen LogP contribution is 2.30. The number of thiazole rings is 1. The van der Waals surface area contributed by atoms with Gasteiger partial charge >= 0.3 is 0 Å². The number of carbonyl (C=O) groups excluding carboxylic acids is 1. The Balaban J connectivity index is 1.68. The molecule has 7 heteroatoms. The minimum atomic E-state index is -0.408. The van der Waals surface area contributed by atoms with Crippen molar-refractivity contribution in [1.29, 1.82) is 0 Å². The van der Waals surface area contributed by atoms with E-state index in [9.17, 15) is 4.79 Å². The second-order valence-electron chi connectivity index (χ2n) is 5.84. The highest BCUT2D eigenvalue weighted by molar-refractivity contribution is 7.18. The number of benzene rings is 2. The van der Waals surface area contributed by atoms with Crippen LogP contribution in [-0.4, -0.2) is 31.2 Å². The zero-order valence-electron chi connectivity index (χ0n) is 15.1. The van der Waals surface area contributed by atoms with E-state index in [0.29, 0.717) is 17.2 Å². The maximum Gasteiger partial charge on any atom is 0.246 e. The Morgan fingerprint density at radius 2 is 1.81 bits per heavy atom. The van der Waals surface area contributed by atoms with Crippen molar-refractivity contribution in [1.82, 2.24) is 4.98 Å². The fourth-order valence-corrected chi connectivity index (χ4v) is 3.48. The van der Waals surface area contributed by atoms with Crippen molar-refractivity contribution in [2.24, 2.45) is 0 Å². The summed E-state index contributed by atoms with van der Waals surface area (Å²) in [4.78, 5) is 16.9. The largest absolute Gasteiger partial charge is 0.493 e. The zero-order chi connectivity index (χ0) is 18.7. The summed E-state index contributed by atoms with van der Waals surface area (Å²) in [6.45, 7) is 3.80. The molecule has 2 aromatic carbocycles. The second kappa shape index (κ2) is 7.61. The van der Waals surface area contributed by atoms with E-state index in [-0.39, 0.29) is 5.91 Å². The zero-order valence-corrected chi connectivity index (χ0v) is 15.9. The molecule has 3 rings (SSSR count). The third kappa shape index (κ3) is 3.88. The summed E-state index contributed by atoms with van der Waals surface area (Å²) >= 11 is 1.63. The summed E-state index contributed by atoms with van der Waals surface area (Å²) < 4.78 is 11.6. The molecule has 0 aliphatic heterocycles. The van der Waals surface area contributed by atoms with Crippen molar-refractivity contribution in [2.75, 3.05) is 24.9 Å². The average molecular weight is 371 g/mol. The normalized spacial score (nSPS) is 11.8. The molecule has 26 heavy (non-hydrogen) atoms. The van der Waals surface area contributed by atoms with Gasteiger partial charge in [-0.1, -0.05) is 0 Å². The predicted molar refractivity (Wildman–Crippen MR) is 106 cm³/mol. The first-order valence-electron chi connectivity index (χ1n) is 8.17. The second-order valence-corrected chi connectivity index (χ2v) is 7.08. The molecule has 0 aliphatic carbocycles. The lowest BCUT2D eigenvalue weighted by atomic mass is 10.2. The van der Waals surface area contributed by atoms with Gasteiger partial charge in [0, 0.05) is 17.4 Å². The van der Waals surface area contributed by atoms with E-state index in [0.717, 1.165) is 20.9 Å². The number of nitrogens with one attached hydrogen (secondary N) is 2. The molecule has 1 amide bonds. The number of methoxy groups -OCH3 is 2. The Bertz CT molecular complexity index is 939. The third-order valence-electron chi connectivity index (χ3n) is 3.92. The lowest BCUT2D eigenvalue weighted by molar-refractivity contribution is -0.116. The molecule has 0 saturated heterocycles. The van der Waals surface area contributed by atoms with E-state index in [1.807, 2.05) is 32.0 Å². The SMILES string of the molecule is COc1ccc(NC(=O)[C@H](C)Nc2ccc3nc(C)sc3c2)cc1OC. The molecule has 0 aliphatic rings. The van der Waals surface area contributed by atoms with Gasteiger partial charge in [0.2, 0.25) is 5.91 Å². The maximum atomic E-state index is 12.5. The highest BCUT2D eigenvalue weighted by Gasteiger charge is 2.14. The summed E-state index contributed by atoms with van der Waals surface area (Å²) in [5.41, 5.74) is 2.51. The van der Waals surface area contributed by atoms with Crippen LogP contribution in [0.5, 0.6) is 11.5 Å². The summed E-state index contributed by atoms with van der Waals surface area (Å²) in [5, 5.41) is 7.13. The van der Waals surface area contributed by atoms with Crippen LogP contribution in [0.1, 0.15) is 11.9 Å². The number of ether oxygens (including phenoxy) is 2. The van der Waals surface area contributed by atoms with Crippen LogP contribution in [0.2, 0.25) is 0 Å². The quantitative estimate of drug-likeness (QED) is 0.684. The number of fused-ring (bicyclic) bond motifs is 1. The van der Waals surface area contributed by atoms with E-state index in [1.54, 1.807) is 43.8 Å². The van der Waals surface area contributed by atoms with Crippen LogP contribution in [0.4, 0.5) is 11.4 Å². The minimum Gasteiger partial charge on any atom is -0.493 e. The summed E-state index contributed by atoms with van der Waals surface area (Å²) in [6, 6.07) is 10.8. The van der Waals surface area contributed by atoms with E-state index in [4.69, 9.17) is 9.47 Å². The first-order valence-corrected chi connectivity index (χ1v) is 8.98. The van der Waals surface area contributed by atoms with Gasteiger partial charge < -0.3 is 20.1 Å². The fourth-order valence-electron chi connectivity index (χ4n) is 2.61. The first kappa shape index (κ1) is 18.0. The van der Waals surface area contributed by atoms with Crippen molar-refractivity contribution in [3.05, 3.63) is 41.4 Å². The van der Waals surface area contributed by atoms with Crippen molar-refractivity contribution in [3.8, 4) is 11.5 Å². The lowest BCUT2D eigenvalue weighted by Gasteiger charge is -2.16. The number of amides is 1. The van der Waals surface area contributed by atoms with Crippen LogP contribution in [0.15, 0.2) is 36.4 Å².